The van der Waals surface area contributed by atoms with Crippen LogP contribution in [0.15, 0.2) is 35.2 Å². The number of rotatable bonds is 7. The van der Waals surface area contributed by atoms with Crippen molar-refractivity contribution in [3.63, 3.8) is 0 Å². The molecule has 9 heteroatoms. The molecule has 1 aromatic heterocycles. The zero-order valence-electron chi connectivity index (χ0n) is 14.0. The lowest BCUT2D eigenvalue weighted by atomic mass is 10.1. The molecule has 0 bridgehead atoms. The molecule has 0 saturated carbocycles. The van der Waals surface area contributed by atoms with Gasteiger partial charge in [0, 0.05) is 12.6 Å². The fourth-order valence-electron chi connectivity index (χ4n) is 2.21. The van der Waals surface area contributed by atoms with Crippen LogP contribution in [0.2, 0.25) is 0 Å². The Morgan fingerprint density at radius 2 is 1.80 bits per heavy atom. The summed E-state index contributed by atoms with van der Waals surface area (Å²) in [6, 6.07) is 7.68. The summed E-state index contributed by atoms with van der Waals surface area (Å²) in [7, 11) is -3.78. The highest BCUT2D eigenvalue weighted by atomic mass is 32.2. The molecule has 25 heavy (non-hydrogen) atoms. The van der Waals surface area contributed by atoms with Crippen LogP contribution in [-0.2, 0) is 10.0 Å². The van der Waals surface area contributed by atoms with Gasteiger partial charge in [-0.15, -0.1) is 10.2 Å². The van der Waals surface area contributed by atoms with Gasteiger partial charge in [-0.05, 0) is 36.6 Å². The van der Waals surface area contributed by atoms with Gasteiger partial charge in [0.2, 0.25) is 6.79 Å². The predicted octanol–water partition coefficient (Wildman–Crippen LogP) is 2.46. The summed E-state index contributed by atoms with van der Waals surface area (Å²) in [4.78, 5) is 0.0673. The summed E-state index contributed by atoms with van der Waals surface area (Å²) in [6.07, 6.45) is 1.01. The molecule has 0 radical (unpaired) electrons. The molecule has 0 atom stereocenters. The molecule has 0 saturated heterocycles. The number of hydrogen-bond acceptors (Lipinski definition) is 7. The van der Waals surface area contributed by atoms with Gasteiger partial charge in [0.15, 0.2) is 17.3 Å². The second-order valence-electron chi connectivity index (χ2n) is 6.03. The van der Waals surface area contributed by atoms with Crippen LogP contribution in [0.4, 0.5) is 11.6 Å². The second kappa shape index (κ2) is 7.14. The summed E-state index contributed by atoms with van der Waals surface area (Å²) < 4.78 is 37.7. The molecule has 134 valence electrons. The van der Waals surface area contributed by atoms with Crippen LogP contribution >= 0.6 is 0 Å². The van der Waals surface area contributed by atoms with Gasteiger partial charge in [-0.2, -0.15) is 0 Å². The predicted molar refractivity (Wildman–Crippen MR) is 93.4 cm³/mol. The quantitative estimate of drug-likeness (QED) is 0.778. The number of fused-ring (bicyclic) bond motifs is 1. The number of sulfonamides is 1. The maximum atomic E-state index is 12.4. The largest absolute Gasteiger partial charge is 0.454 e. The van der Waals surface area contributed by atoms with Gasteiger partial charge in [0.1, 0.15) is 5.82 Å². The minimum atomic E-state index is -3.78. The average molecular weight is 364 g/mol. The van der Waals surface area contributed by atoms with Crippen molar-refractivity contribution in [2.45, 2.75) is 25.2 Å². The Hall–Kier alpha value is -2.55. The minimum absolute atomic E-state index is 0.0673. The molecule has 1 aromatic carbocycles. The van der Waals surface area contributed by atoms with E-state index in [-0.39, 0.29) is 17.5 Å². The number of nitrogens with one attached hydrogen (secondary N) is 2. The second-order valence-corrected chi connectivity index (χ2v) is 7.72. The Morgan fingerprint density at radius 1 is 1.08 bits per heavy atom. The van der Waals surface area contributed by atoms with E-state index in [9.17, 15) is 8.42 Å². The molecule has 0 amide bonds. The SMILES string of the molecule is CC(C)CCNc1ccc(NS(=O)(=O)c2ccc3c(c2)OCO3)nn1. The molecule has 3 rings (SSSR count). The molecular weight excluding hydrogens is 344 g/mol. The topological polar surface area (TPSA) is 102 Å². The third-order valence-corrected chi connectivity index (χ3v) is 4.94. The first-order chi connectivity index (χ1) is 11.9. The van der Waals surface area contributed by atoms with Gasteiger partial charge in [0.25, 0.3) is 10.0 Å². The molecule has 2 N–H and O–H groups in total. The van der Waals surface area contributed by atoms with E-state index >= 15 is 0 Å². The number of nitrogens with zero attached hydrogens (tertiary/aromatic N) is 2. The van der Waals surface area contributed by atoms with Gasteiger partial charge in [-0.25, -0.2) is 8.42 Å². The van der Waals surface area contributed by atoms with Crippen LogP contribution in [0.3, 0.4) is 0 Å². The molecule has 1 aliphatic heterocycles. The summed E-state index contributed by atoms with van der Waals surface area (Å²) in [5, 5.41) is 11.0. The summed E-state index contributed by atoms with van der Waals surface area (Å²) in [6.45, 7) is 5.15. The van der Waals surface area contributed by atoms with Crippen molar-refractivity contribution in [3.8, 4) is 11.5 Å². The first-order valence-corrected chi connectivity index (χ1v) is 9.42. The van der Waals surface area contributed by atoms with Crippen LogP contribution in [0.1, 0.15) is 20.3 Å². The molecule has 0 fully saturated rings. The highest BCUT2D eigenvalue weighted by Gasteiger charge is 2.20. The fraction of sp³-hybridized carbons (Fsp3) is 0.375. The number of aromatic nitrogens is 2. The van der Waals surface area contributed by atoms with E-state index in [4.69, 9.17) is 9.47 Å². The lowest BCUT2D eigenvalue weighted by Gasteiger charge is -2.09. The van der Waals surface area contributed by atoms with E-state index < -0.39 is 10.0 Å². The first kappa shape index (κ1) is 17.3. The fourth-order valence-corrected chi connectivity index (χ4v) is 3.22. The van der Waals surface area contributed by atoms with Gasteiger partial charge < -0.3 is 14.8 Å². The van der Waals surface area contributed by atoms with Gasteiger partial charge in [0.05, 0.1) is 4.90 Å². The summed E-state index contributed by atoms with van der Waals surface area (Å²) in [5.74, 6) is 2.27. The maximum absolute atomic E-state index is 12.4. The maximum Gasteiger partial charge on any atom is 0.263 e. The van der Waals surface area contributed by atoms with Crippen molar-refractivity contribution < 1.29 is 17.9 Å². The number of benzene rings is 1. The lowest BCUT2D eigenvalue weighted by Crippen LogP contribution is -2.15. The molecule has 0 spiro atoms. The third kappa shape index (κ3) is 4.30. The average Bonchev–Trinajstić information content (AvgIpc) is 3.03. The standard InChI is InChI=1S/C16H20N4O4S/c1-11(2)7-8-17-15-5-6-16(19-18-15)20-25(21,22)12-3-4-13-14(9-12)24-10-23-13/h3-6,9,11H,7-8,10H2,1-2H3,(H,17,18)(H,19,20). The first-order valence-electron chi connectivity index (χ1n) is 7.94. The van der Waals surface area contributed by atoms with E-state index in [1.807, 2.05) is 0 Å². The summed E-state index contributed by atoms with van der Waals surface area (Å²) >= 11 is 0. The Labute approximate surface area is 146 Å². The molecule has 1 aliphatic rings. The van der Waals surface area contributed by atoms with Crippen LogP contribution in [0.5, 0.6) is 11.5 Å². The number of ether oxygens (including phenoxy) is 2. The zero-order valence-corrected chi connectivity index (χ0v) is 14.8. The molecule has 2 aromatic rings. The molecular formula is C16H20N4O4S. The minimum Gasteiger partial charge on any atom is -0.454 e. The van der Waals surface area contributed by atoms with Gasteiger partial charge in [-0.3, -0.25) is 4.72 Å². The van der Waals surface area contributed by atoms with Crippen LogP contribution < -0.4 is 19.5 Å². The monoisotopic (exact) mass is 364 g/mol. The van der Waals surface area contributed by atoms with Crippen LogP contribution in [0, 0.1) is 5.92 Å². The van der Waals surface area contributed by atoms with E-state index in [0.717, 1.165) is 13.0 Å². The molecule has 0 unspecified atom stereocenters. The summed E-state index contributed by atoms with van der Waals surface area (Å²) in [5.41, 5.74) is 0. The lowest BCUT2D eigenvalue weighted by molar-refractivity contribution is 0.174. The van der Waals surface area contributed by atoms with E-state index in [2.05, 4.69) is 34.1 Å². The highest BCUT2D eigenvalue weighted by molar-refractivity contribution is 7.92. The number of anilines is 2. The van der Waals surface area contributed by atoms with Crippen molar-refractivity contribution >= 4 is 21.7 Å². The highest BCUT2D eigenvalue weighted by Crippen LogP contribution is 2.34. The zero-order chi connectivity index (χ0) is 17.9. The van der Waals surface area contributed by atoms with E-state index in [0.29, 0.717) is 23.2 Å². The van der Waals surface area contributed by atoms with Gasteiger partial charge in [-0.1, -0.05) is 13.8 Å². The van der Waals surface area contributed by atoms with Crippen molar-refractivity contribution in [1.82, 2.24) is 10.2 Å². The normalized spacial score (nSPS) is 13.1. The smallest absolute Gasteiger partial charge is 0.263 e. The van der Waals surface area contributed by atoms with Gasteiger partial charge >= 0.3 is 0 Å². The molecule has 8 nitrogen and oxygen atoms in total. The molecule has 2 heterocycles. The Balaban J connectivity index is 1.66. The Bertz CT molecular complexity index is 838. The van der Waals surface area contributed by atoms with Crippen molar-refractivity contribution in [2.24, 2.45) is 5.92 Å². The van der Waals surface area contributed by atoms with E-state index in [1.54, 1.807) is 18.2 Å². The van der Waals surface area contributed by atoms with Crippen molar-refractivity contribution in [2.75, 3.05) is 23.4 Å². The Kier molecular flexibility index (Phi) is 4.93. The Morgan fingerprint density at radius 3 is 2.52 bits per heavy atom. The molecule has 0 aliphatic carbocycles. The van der Waals surface area contributed by atoms with Crippen molar-refractivity contribution in [3.05, 3.63) is 30.3 Å². The third-order valence-electron chi connectivity index (χ3n) is 3.59. The van der Waals surface area contributed by atoms with Crippen LogP contribution in [0.25, 0.3) is 0 Å². The van der Waals surface area contributed by atoms with E-state index in [1.165, 1.54) is 12.1 Å². The number of hydrogen-bond donors (Lipinski definition) is 2. The van der Waals surface area contributed by atoms with Crippen LogP contribution in [-0.4, -0.2) is 32.0 Å². The van der Waals surface area contributed by atoms with Crippen molar-refractivity contribution in [1.29, 1.82) is 0 Å².